The smallest absolute Gasteiger partial charge is 0.745 e. The third-order valence-electron chi connectivity index (χ3n) is 4.16. The van der Waals surface area contributed by atoms with E-state index in [1.54, 1.807) is 6.08 Å². The number of hydrogen-bond donors (Lipinski definition) is 0. The van der Waals surface area contributed by atoms with Gasteiger partial charge in [-0.2, -0.15) is 0 Å². The molecule has 0 aromatic heterocycles. The molecular weight excluding hydrogens is 359 g/mol. The Morgan fingerprint density at radius 1 is 0.962 bits per heavy atom. The third kappa shape index (κ3) is 12.9. The zero-order chi connectivity index (χ0) is 18.4. The average Bonchev–Trinajstić information content (AvgIpc) is 2.58. The molecule has 0 bridgehead atoms. The van der Waals surface area contributed by atoms with Crippen molar-refractivity contribution in [3.8, 4) is 0 Å². The first kappa shape index (κ1) is 25.7. The van der Waals surface area contributed by atoms with Crippen LogP contribution in [0.5, 0.6) is 0 Å². The van der Waals surface area contributed by atoms with E-state index < -0.39 is 15.6 Å². The molecule has 0 aliphatic heterocycles. The SMILES string of the molecule is CCCCCCCCCCCC(OC=Cc1ccccc1)S(=O)(=O)[O-].[Na+]. The van der Waals surface area contributed by atoms with Crippen molar-refractivity contribution in [2.75, 3.05) is 0 Å². The second kappa shape index (κ2) is 15.7. The molecule has 0 aliphatic rings. The molecule has 1 rings (SSSR count). The van der Waals surface area contributed by atoms with Crippen molar-refractivity contribution in [1.82, 2.24) is 0 Å². The molecule has 6 heteroatoms. The molecule has 0 aliphatic carbocycles. The van der Waals surface area contributed by atoms with Crippen LogP contribution in [-0.2, 0) is 14.9 Å². The van der Waals surface area contributed by atoms with Gasteiger partial charge in [0.25, 0.3) is 0 Å². The zero-order valence-corrected chi connectivity index (χ0v) is 19.0. The standard InChI is InChI=1S/C20H32O4S.Na/c1-2-3-4-5-6-7-8-9-13-16-20(25(21,22)23)24-18-17-19-14-11-10-12-15-19;/h10-12,14-15,17-18,20H,2-9,13,16H2,1H3,(H,21,22,23);/q;+1/p-1. The predicted octanol–water partition coefficient (Wildman–Crippen LogP) is 2.47. The summed E-state index contributed by atoms with van der Waals surface area (Å²) in [5, 5.41) is 0. The minimum absolute atomic E-state index is 0. The van der Waals surface area contributed by atoms with Crippen molar-refractivity contribution in [2.24, 2.45) is 0 Å². The van der Waals surface area contributed by atoms with Gasteiger partial charge in [-0.15, -0.1) is 0 Å². The molecule has 0 fully saturated rings. The summed E-state index contributed by atoms with van der Waals surface area (Å²) in [4.78, 5) is 0. The Labute approximate surface area is 181 Å². The van der Waals surface area contributed by atoms with Crippen molar-refractivity contribution in [3.63, 3.8) is 0 Å². The van der Waals surface area contributed by atoms with Crippen LogP contribution in [0, 0.1) is 0 Å². The van der Waals surface area contributed by atoms with Crippen LogP contribution < -0.4 is 29.6 Å². The topological polar surface area (TPSA) is 66.4 Å². The summed E-state index contributed by atoms with van der Waals surface area (Å²) in [6.45, 7) is 2.21. The van der Waals surface area contributed by atoms with E-state index in [0.717, 1.165) is 18.4 Å². The largest absolute Gasteiger partial charge is 1.00 e. The van der Waals surface area contributed by atoms with Crippen LogP contribution in [0.15, 0.2) is 36.6 Å². The van der Waals surface area contributed by atoms with Crippen LogP contribution in [0.3, 0.4) is 0 Å². The van der Waals surface area contributed by atoms with Gasteiger partial charge in [-0.05, 0) is 24.5 Å². The number of ether oxygens (including phenoxy) is 1. The summed E-state index contributed by atoms with van der Waals surface area (Å²) in [6, 6.07) is 9.41. The van der Waals surface area contributed by atoms with Crippen molar-refractivity contribution in [3.05, 3.63) is 42.2 Å². The normalized spacial score (nSPS) is 12.7. The van der Waals surface area contributed by atoms with Crippen molar-refractivity contribution in [1.29, 1.82) is 0 Å². The maximum absolute atomic E-state index is 11.3. The van der Waals surface area contributed by atoms with Gasteiger partial charge in [-0.3, -0.25) is 0 Å². The molecular formula is C20H31NaO4S. The first-order valence-electron chi connectivity index (χ1n) is 9.36. The number of hydrogen-bond acceptors (Lipinski definition) is 4. The minimum atomic E-state index is -4.45. The Morgan fingerprint density at radius 2 is 1.50 bits per heavy atom. The van der Waals surface area contributed by atoms with Crippen LogP contribution in [0.25, 0.3) is 6.08 Å². The summed E-state index contributed by atoms with van der Waals surface area (Å²) in [6.07, 6.45) is 13.5. The van der Waals surface area contributed by atoms with E-state index in [4.69, 9.17) is 4.74 Å². The van der Waals surface area contributed by atoms with E-state index in [9.17, 15) is 13.0 Å². The molecule has 0 saturated carbocycles. The van der Waals surface area contributed by atoms with E-state index in [-0.39, 0.29) is 36.0 Å². The molecule has 0 spiro atoms. The number of benzene rings is 1. The maximum atomic E-state index is 11.3. The molecule has 1 aromatic rings. The Bertz CT molecular complexity index is 573. The second-order valence-electron chi connectivity index (χ2n) is 6.39. The summed E-state index contributed by atoms with van der Waals surface area (Å²) in [5.41, 5.74) is -0.398. The molecule has 0 saturated heterocycles. The molecule has 142 valence electrons. The summed E-state index contributed by atoms with van der Waals surface area (Å²) in [5.74, 6) is 0. The van der Waals surface area contributed by atoms with Gasteiger partial charge in [0.15, 0.2) is 5.44 Å². The Morgan fingerprint density at radius 3 is 2.04 bits per heavy atom. The fourth-order valence-corrected chi connectivity index (χ4v) is 3.33. The monoisotopic (exact) mass is 390 g/mol. The first-order valence-corrected chi connectivity index (χ1v) is 10.8. The predicted molar refractivity (Wildman–Crippen MR) is 102 cm³/mol. The van der Waals surface area contributed by atoms with Crippen LogP contribution in [0.1, 0.15) is 76.7 Å². The molecule has 0 N–H and O–H groups in total. The number of unbranched alkanes of at least 4 members (excludes halogenated alkanes) is 8. The Balaban J connectivity index is 0.00000625. The molecule has 0 heterocycles. The quantitative estimate of drug-likeness (QED) is 0.212. The summed E-state index contributed by atoms with van der Waals surface area (Å²) in [7, 11) is -4.45. The zero-order valence-electron chi connectivity index (χ0n) is 16.2. The third-order valence-corrected chi connectivity index (χ3v) is 5.15. The Kier molecular flexibility index (Phi) is 15.5. The second-order valence-corrected chi connectivity index (χ2v) is 7.90. The van der Waals surface area contributed by atoms with E-state index in [1.165, 1.54) is 44.8 Å². The van der Waals surface area contributed by atoms with E-state index in [0.29, 0.717) is 6.42 Å². The molecule has 1 atom stereocenters. The van der Waals surface area contributed by atoms with Gasteiger partial charge in [0, 0.05) is 0 Å². The molecule has 1 aromatic carbocycles. The summed E-state index contributed by atoms with van der Waals surface area (Å²) >= 11 is 0. The maximum Gasteiger partial charge on any atom is 1.00 e. The summed E-state index contributed by atoms with van der Waals surface area (Å²) < 4.78 is 39.2. The Hall–Kier alpha value is -0.330. The van der Waals surface area contributed by atoms with Crippen molar-refractivity contribution >= 4 is 16.2 Å². The molecule has 0 radical (unpaired) electrons. The van der Waals surface area contributed by atoms with E-state index >= 15 is 0 Å². The first-order chi connectivity index (χ1) is 12.0. The average molecular weight is 391 g/mol. The molecule has 1 unspecified atom stereocenters. The minimum Gasteiger partial charge on any atom is -0.745 e. The van der Waals surface area contributed by atoms with Crippen molar-refractivity contribution < 1.29 is 47.3 Å². The van der Waals surface area contributed by atoms with Crippen LogP contribution in [0.4, 0.5) is 0 Å². The van der Waals surface area contributed by atoms with Gasteiger partial charge in [-0.25, -0.2) is 8.42 Å². The van der Waals surface area contributed by atoms with Gasteiger partial charge < -0.3 is 9.29 Å². The van der Waals surface area contributed by atoms with E-state index in [1.807, 2.05) is 30.3 Å². The molecule has 0 amide bonds. The fraction of sp³-hybridized carbons (Fsp3) is 0.600. The van der Waals surface area contributed by atoms with Gasteiger partial charge in [-0.1, -0.05) is 88.6 Å². The van der Waals surface area contributed by atoms with Gasteiger partial charge in [0.2, 0.25) is 0 Å². The van der Waals surface area contributed by atoms with Gasteiger partial charge in [0.05, 0.1) is 6.26 Å². The van der Waals surface area contributed by atoms with Crippen LogP contribution in [-0.4, -0.2) is 18.4 Å². The van der Waals surface area contributed by atoms with Crippen molar-refractivity contribution in [2.45, 2.75) is 76.6 Å². The van der Waals surface area contributed by atoms with Gasteiger partial charge in [0.1, 0.15) is 10.1 Å². The van der Waals surface area contributed by atoms with Gasteiger partial charge >= 0.3 is 29.6 Å². The molecule has 26 heavy (non-hydrogen) atoms. The molecule has 4 nitrogen and oxygen atoms in total. The fourth-order valence-electron chi connectivity index (χ4n) is 2.67. The van der Waals surface area contributed by atoms with Crippen LogP contribution >= 0.6 is 0 Å². The number of rotatable bonds is 14. The van der Waals surface area contributed by atoms with Crippen LogP contribution in [0.2, 0.25) is 0 Å². The van der Waals surface area contributed by atoms with E-state index in [2.05, 4.69) is 6.92 Å².